The first-order valence-electron chi connectivity index (χ1n) is 28.7. The molecule has 0 fully saturated rings. The van der Waals surface area contributed by atoms with Gasteiger partial charge in [0.15, 0.2) is 0 Å². The van der Waals surface area contributed by atoms with E-state index in [1.54, 1.807) is 0 Å². The van der Waals surface area contributed by atoms with Crippen LogP contribution in [0.3, 0.4) is 0 Å². The van der Waals surface area contributed by atoms with Crippen LogP contribution < -0.4 is 0 Å². The van der Waals surface area contributed by atoms with Crippen molar-refractivity contribution in [2.75, 3.05) is 0 Å². The van der Waals surface area contributed by atoms with Gasteiger partial charge in [0.05, 0.1) is 38.5 Å². The fraction of sp³-hybridized carbons (Fsp3) is 0.0127. The van der Waals surface area contributed by atoms with Crippen LogP contribution in [-0.4, -0.2) is 13.7 Å². The maximum Gasteiger partial charge on any atom is 0.136 e. The third-order valence-electron chi connectivity index (χ3n) is 18.6. The number of furan rings is 1. The predicted octanol–water partition coefficient (Wildman–Crippen LogP) is 20.6. The van der Waals surface area contributed by atoms with E-state index < -0.39 is 5.41 Å². The summed E-state index contributed by atoms with van der Waals surface area (Å²) < 4.78 is 14.2. The van der Waals surface area contributed by atoms with E-state index in [1.165, 1.54) is 104 Å². The summed E-state index contributed by atoms with van der Waals surface area (Å²) in [5.74, 6) is 0. The third kappa shape index (κ3) is 5.88. The molecule has 4 aromatic heterocycles. The van der Waals surface area contributed by atoms with E-state index in [2.05, 4.69) is 299 Å². The van der Waals surface area contributed by atoms with Gasteiger partial charge in [0.25, 0.3) is 0 Å². The quantitative estimate of drug-likeness (QED) is 0.169. The molecule has 17 aromatic rings. The van der Waals surface area contributed by atoms with Gasteiger partial charge in [-0.2, -0.15) is 0 Å². The van der Waals surface area contributed by atoms with Crippen LogP contribution in [-0.2, 0) is 5.41 Å². The van der Waals surface area contributed by atoms with Crippen molar-refractivity contribution in [2.45, 2.75) is 5.41 Å². The third-order valence-corrected chi connectivity index (χ3v) is 18.6. The van der Waals surface area contributed by atoms with Crippen molar-refractivity contribution in [3.05, 3.63) is 307 Å². The summed E-state index contributed by atoms with van der Waals surface area (Å²) >= 11 is 0. The molecule has 4 heterocycles. The zero-order chi connectivity index (χ0) is 54.1. The lowest BCUT2D eigenvalue weighted by molar-refractivity contribution is 0.669. The van der Waals surface area contributed by atoms with Crippen molar-refractivity contribution in [1.82, 2.24) is 13.7 Å². The van der Waals surface area contributed by atoms with E-state index in [4.69, 9.17) is 4.42 Å². The summed E-state index contributed by atoms with van der Waals surface area (Å²) in [4.78, 5) is 0. The van der Waals surface area contributed by atoms with E-state index in [9.17, 15) is 0 Å². The summed E-state index contributed by atoms with van der Waals surface area (Å²) in [6, 6.07) is 106. The van der Waals surface area contributed by atoms with Crippen LogP contribution in [0.1, 0.15) is 22.3 Å². The molecule has 0 amide bonds. The van der Waals surface area contributed by atoms with Crippen molar-refractivity contribution in [3.63, 3.8) is 0 Å². The van der Waals surface area contributed by atoms with Gasteiger partial charge in [-0.3, -0.25) is 0 Å². The molecule has 4 heteroatoms. The topological polar surface area (TPSA) is 27.9 Å². The second-order valence-corrected chi connectivity index (χ2v) is 22.6. The molecule has 0 atom stereocenters. The Labute approximate surface area is 477 Å². The normalized spacial score (nSPS) is 13.2. The molecule has 384 valence electrons. The second-order valence-electron chi connectivity index (χ2n) is 22.6. The van der Waals surface area contributed by atoms with Crippen LogP contribution in [0.2, 0.25) is 0 Å². The Balaban J connectivity index is 0.812. The first-order chi connectivity index (χ1) is 41.2. The highest BCUT2D eigenvalue weighted by Crippen LogP contribution is 2.64. The maximum atomic E-state index is 6.79. The number of para-hydroxylation sites is 4. The summed E-state index contributed by atoms with van der Waals surface area (Å²) in [7, 11) is 0. The lowest BCUT2D eigenvalue weighted by atomic mass is 9.70. The van der Waals surface area contributed by atoms with Crippen molar-refractivity contribution >= 4 is 87.4 Å². The summed E-state index contributed by atoms with van der Waals surface area (Å²) in [6.45, 7) is 0. The maximum absolute atomic E-state index is 6.79. The van der Waals surface area contributed by atoms with Crippen LogP contribution in [0.15, 0.2) is 290 Å². The number of hydrogen-bond acceptors (Lipinski definition) is 1. The van der Waals surface area contributed by atoms with Crippen LogP contribution in [0.5, 0.6) is 0 Å². The van der Waals surface area contributed by atoms with E-state index in [0.29, 0.717) is 0 Å². The Bertz CT molecular complexity index is 5570. The molecule has 2 aliphatic rings. The molecule has 0 bridgehead atoms. The van der Waals surface area contributed by atoms with Crippen LogP contribution in [0, 0.1) is 0 Å². The minimum Gasteiger partial charge on any atom is -0.456 e. The average molecular weight is 1050 g/mol. The minimum atomic E-state index is -0.447. The zero-order valence-corrected chi connectivity index (χ0v) is 44.9. The van der Waals surface area contributed by atoms with E-state index >= 15 is 0 Å². The molecule has 4 nitrogen and oxygen atoms in total. The Morgan fingerprint density at radius 1 is 0.253 bits per heavy atom. The van der Waals surface area contributed by atoms with E-state index in [-0.39, 0.29) is 0 Å². The highest BCUT2D eigenvalue weighted by Gasteiger charge is 2.52. The van der Waals surface area contributed by atoms with Crippen molar-refractivity contribution in [1.29, 1.82) is 0 Å². The number of fused-ring (bicyclic) bond motifs is 24. The van der Waals surface area contributed by atoms with Gasteiger partial charge in [0.2, 0.25) is 0 Å². The fourth-order valence-electron chi connectivity index (χ4n) is 15.4. The molecule has 0 saturated heterocycles. The Morgan fingerprint density at radius 3 is 1.34 bits per heavy atom. The molecule has 1 spiro atoms. The summed E-state index contributed by atoms with van der Waals surface area (Å²) in [5, 5.41) is 9.54. The zero-order valence-electron chi connectivity index (χ0n) is 44.9. The van der Waals surface area contributed by atoms with Crippen molar-refractivity contribution in [2.24, 2.45) is 0 Å². The van der Waals surface area contributed by atoms with Gasteiger partial charge < -0.3 is 18.1 Å². The van der Waals surface area contributed by atoms with Crippen LogP contribution in [0.25, 0.3) is 149 Å². The predicted molar refractivity (Wildman–Crippen MR) is 344 cm³/mol. The second kappa shape index (κ2) is 16.6. The van der Waals surface area contributed by atoms with Crippen molar-refractivity contribution < 1.29 is 4.42 Å². The highest BCUT2D eigenvalue weighted by molar-refractivity contribution is 6.25. The minimum absolute atomic E-state index is 0.447. The standard InChI is InChI=1S/C79H47N3O/c1-4-19-51(20-5-1)80-70-43-36-50(47-63(70)59-40-41-68-75(76(59)80)61-28-12-16-32-67(61)79(68)65-30-14-10-25-55(65)56-26-11-15-31-66(56)79)54-29-18-34-73-74(54)64-46-49(37-44-72(64)83-73)48-35-42-71-62(45-48)60-39-38-58-57-27-13-17-33-69(57)81(52-21-6-2-7-22-52)77(58)78(60)82(71)53-23-8-3-9-24-53/h1-47H. The molecule has 13 aromatic carbocycles. The number of hydrogen-bond donors (Lipinski definition) is 0. The van der Waals surface area contributed by atoms with Crippen LogP contribution >= 0.6 is 0 Å². The van der Waals surface area contributed by atoms with Gasteiger partial charge in [-0.05, 0) is 146 Å². The summed E-state index contributed by atoms with van der Waals surface area (Å²) in [6.07, 6.45) is 0. The van der Waals surface area contributed by atoms with Crippen LogP contribution in [0.4, 0.5) is 0 Å². The monoisotopic (exact) mass is 1050 g/mol. The smallest absolute Gasteiger partial charge is 0.136 e. The Kier molecular flexibility index (Phi) is 8.96. The van der Waals surface area contributed by atoms with Gasteiger partial charge in [-0.15, -0.1) is 0 Å². The van der Waals surface area contributed by atoms with Gasteiger partial charge in [-0.25, -0.2) is 0 Å². The first kappa shape index (κ1) is 44.9. The van der Waals surface area contributed by atoms with Crippen molar-refractivity contribution in [3.8, 4) is 61.6 Å². The first-order valence-corrected chi connectivity index (χ1v) is 28.7. The molecule has 0 saturated carbocycles. The largest absolute Gasteiger partial charge is 0.456 e. The molecule has 0 aliphatic heterocycles. The summed E-state index contributed by atoms with van der Waals surface area (Å²) in [5.41, 5.74) is 27.0. The molecule has 2 aliphatic carbocycles. The van der Waals surface area contributed by atoms with Gasteiger partial charge in [0, 0.05) is 65.7 Å². The molecular formula is C79H47N3O. The number of rotatable bonds is 5. The molecule has 19 rings (SSSR count). The van der Waals surface area contributed by atoms with E-state index in [1.807, 2.05) is 0 Å². The molecule has 0 N–H and O–H groups in total. The molecule has 83 heavy (non-hydrogen) atoms. The Hall–Kier alpha value is -10.9. The SMILES string of the molecule is c1ccc(-n2c3ccc(-c4cccc5oc6ccc(-c7ccc8c(c7)c7ccc9c%10ccccc%10n(-c%10ccccc%10)c9c7n8-c7ccccc7)cc6c45)cc3c3ccc4c(c32)-c2ccccc2C42c3ccccc3-c3ccccc32)cc1. The number of benzene rings is 13. The van der Waals surface area contributed by atoms with E-state index in [0.717, 1.165) is 66.8 Å². The Morgan fingerprint density at radius 2 is 0.699 bits per heavy atom. The number of aromatic nitrogens is 3. The number of nitrogens with zero attached hydrogens (tertiary/aromatic N) is 3. The molecular weight excluding hydrogens is 1010 g/mol. The van der Waals surface area contributed by atoms with Gasteiger partial charge in [0.1, 0.15) is 11.2 Å². The van der Waals surface area contributed by atoms with Gasteiger partial charge in [-0.1, -0.05) is 200 Å². The molecule has 0 radical (unpaired) electrons. The average Bonchev–Trinajstić information content (AvgIpc) is 1.76. The van der Waals surface area contributed by atoms with Gasteiger partial charge >= 0.3 is 0 Å². The lowest BCUT2D eigenvalue weighted by Gasteiger charge is -2.30. The molecule has 0 unspecified atom stereocenters. The lowest BCUT2D eigenvalue weighted by Crippen LogP contribution is -2.25. The fourth-order valence-corrected chi connectivity index (χ4v) is 15.4. The highest BCUT2D eigenvalue weighted by atomic mass is 16.3.